The Morgan fingerprint density at radius 3 is 1.18 bits per heavy atom. The molecule has 0 bridgehead atoms. The van der Waals surface area contributed by atoms with E-state index in [0.717, 1.165) is 13.8 Å². The molecule has 0 aromatic heterocycles. The first-order valence-electron chi connectivity index (χ1n) is 23.1. The van der Waals surface area contributed by atoms with Crippen molar-refractivity contribution < 1.29 is 154 Å². The number of hydrogen-bond acceptors (Lipinski definition) is 31. The molecule has 0 aromatic rings. The van der Waals surface area contributed by atoms with Crippen LogP contribution in [0.3, 0.4) is 0 Å². The van der Waals surface area contributed by atoms with Gasteiger partial charge in [0.15, 0.2) is 37.7 Å². The van der Waals surface area contributed by atoms with Crippen molar-refractivity contribution in [3.05, 3.63) is 0 Å². The highest BCUT2D eigenvalue weighted by Crippen LogP contribution is 2.36. The summed E-state index contributed by atoms with van der Waals surface area (Å²) >= 11 is 0. The summed E-state index contributed by atoms with van der Waals surface area (Å²) in [6.07, 6.45) is -53.5. The lowest BCUT2D eigenvalue weighted by molar-refractivity contribution is -0.386. The SMILES string of the molecule is CC(=O)N[C@@H]1[C@@H](O)[C@H](O[C@@H]2O[C@H](CO)[C@@H](O[C@H]3O[C@H](CO[C@H]4O[C@H](CO)[C@H](O)[C@@H](O[C@H]5O[C@H](CO)[C@H](O)[C@@H](O)[C@@H]5O)[C@@H]4O)[C@@H](O)[C@H](O[C@H]4O[C@H](CO)[C@H](O)[C@@H](O)[C@@H]4O)[C@H]3O)[C@H](O)[C@H]2NC(C)=O)[C@@H](CO)O[C@H]1O. The second-order valence-electron chi connectivity index (χ2n) is 18.3. The van der Waals surface area contributed by atoms with Gasteiger partial charge in [-0.1, -0.05) is 0 Å². The van der Waals surface area contributed by atoms with Crippen molar-refractivity contribution >= 4 is 11.8 Å². The molecule has 0 unspecified atom stereocenters. The van der Waals surface area contributed by atoms with E-state index in [1.165, 1.54) is 0 Å². The second kappa shape index (κ2) is 26.0. The first kappa shape index (κ1) is 60.0. The normalized spacial score (nSPS) is 49.8. The van der Waals surface area contributed by atoms with E-state index in [-0.39, 0.29) is 0 Å². The lowest BCUT2D eigenvalue weighted by atomic mass is 9.94. The summed E-state index contributed by atoms with van der Waals surface area (Å²) < 4.78 is 62.5. The van der Waals surface area contributed by atoms with Crippen LogP contribution < -0.4 is 10.6 Å². The van der Waals surface area contributed by atoms with Crippen LogP contribution >= 0.6 is 0 Å². The summed E-state index contributed by atoms with van der Waals surface area (Å²) in [4.78, 5) is 24.4. The van der Waals surface area contributed by atoms with Gasteiger partial charge in [0.1, 0.15) is 146 Å². The molecule has 33 heteroatoms. The molecule has 0 aromatic carbocycles. The minimum atomic E-state index is -2.27. The molecule has 6 rings (SSSR count). The van der Waals surface area contributed by atoms with Gasteiger partial charge in [-0.25, -0.2) is 0 Å². The van der Waals surface area contributed by atoms with Gasteiger partial charge in [0, 0.05) is 13.8 Å². The van der Waals surface area contributed by atoms with Crippen LogP contribution in [0.5, 0.6) is 0 Å². The van der Waals surface area contributed by atoms with E-state index in [4.69, 9.17) is 52.1 Å². The zero-order chi connectivity index (χ0) is 53.9. The highest BCUT2D eigenvalue weighted by molar-refractivity contribution is 5.73. The van der Waals surface area contributed by atoms with Crippen LogP contribution in [0.15, 0.2) is 0 Å². The first-order chi connectivity index (χ1) is 34.5. The third-order valence-electron chi connectivity index (χ3n) is 13.2. The Labute approximate surface area is 413 Å². The van der Waals surface area contributed by atoms with Gasteiger partial charge in [0.25, 0.3) is 0 Å². The van der Waals surface area contributed by atoms with Crippen molar-refractivity contribution in [3.8, 4) is 0 Å². The van der Waals surface area contributed by atoms with Crippen LogP contribution in [0.2, 0.25) is 0 Å². The van der Waals surface area contributed by atoms with Crippen molar-refractivity contribution in [2.75, 3.05) is 39.6 Å². The number of amides is 2. The number of hydrogen-bond donors (Lipinski definition) is 20. The highest BCUT2D eigenvalue weighted by Gasteiger charge is 2.57. The minimum Gasteiger partial charge on any atom is -0.394 e. The van der Waals surface area contributed by atoms with E-state index in [2.05, 4.69) is 10.6 Å². The van der Waals surface area contributed by atoms with Gasteiger partial charge in [-0.2, -0.15) is 0 Å². The van der Waals surface area contributed by atoms with Crippen molar-refractivity contribution in [3.63, 3.8) is 0 Å². The molecular weight excluding hydrogens is 1000 g/mol. The van der Waals surface area contributed by atoms with Crippen LogP contribution in [-0.4, -0.2) is 327 Å². The largest absolute Gasteiger partial charge is 0.394 e. The summed E-state index contributed by atoms with van der Waals surface area (Å²) in [5, 5.41) is 197. The van der Waals surface area contributed by atoms with E-state index in [9.17, 15) is 102 Å². The Morgan fingerprint density at radius 2 is 0.699 bits per heavy atom. The number of carbonyl (C=O) groups excluding carboxylic acids is 2. The number of aliphatic hydroxyl groups is 18. The van der Waals surface area contributed by atoms with Crippen molar-refractivity contribution in [1.82, 2.24) is 10.6 Å². The molecule has 6 fully saturated rings. The molecule has 424 valence electrons. The van der Waals surface area contributed by atoms with Gasteiger partial charge < -0.3 is 155 Å². The maximum Gasteiger partial charge on any atom is 0.217 e. The lowest BCUT2D eigenvalue weighted by Crippen LogP contribution is -2.70. The molecule has 6 aliphatic rings. The number of aliphatic hydroxyl groups excluding tert-OH is 18. The standard InChI is InChI=1S/C40H68N2O31/c1-9(48)41-17-23(54)31(14(6-46)64-35(17)62)70-36-18(42-10(2)49)24(55)32(15(7-47)68-36)71-40-30(61)34(73-39-28(59)26(57)20(51)12(4-44)67-39)22(53)16(69-40)8-63-37-29(60)33(21(52)13(5-45)65-37)72-38-27(58)25(56)19(50)11(3-43)66-38/h11-40,43-47,50-62H,3-8H2,1-2H3,(H,41,48)(H,42,49)/t11-,12-,13-,14-,15-,16-,17-,18-,19+,20+,21+,22-,23-,24-,25-,26-,27+,28+,29+,30-,31-,32-,33-,34+,35-,36+,37+,38-,39-,40-/m1/s1. The molecule has 73 heavy (non-hydrogen) atoms. The van der Waals surface area contributed by atoms with E-state index >= 15 is 0 Å². The Kier molecular flexibility index (Phi) is 21.3. The summed E-state index contributed by atoms with van der Waals surface area (Å²) in [7, 11) is 0. The van der Waals surface area contributed by atoms with Gasteiger partial charge in [-0.15, -0.1) is 0 Å². The summed E-state index contributed by atoms with van der Waals surface area (Å²) in [6.45, 7) is -3.62. The van der Waals surface area contributed by atoms with Crippen LogP contribution in [0.4, 0.5) is 0 Å². The van der Waals surface area contributed by atoms with E-state index in [1.807, 2.05) is 0 Å². The molecule has 0 saturated carbocycles. The third-order valence-corrected chi connectivity index (χ3v) is 13.2. The quantitative estimate of drug-likeness (QED) is 0.0606. The molecular formula is C40H68N2O31. The van der Waals surface area contributed by atoms with E-state index < -0.39 is 236 Å². The van der Waals surface area contributed by atoms with Gasteiger partial charge in [0.2, 0.25) is 11.8 Å². The van der Waals surface area contributed by atoms with E-state index in [0.29, 0.717) is 0 Å². The lowest BCUT2D eigenvalue weighted by Gasteiger charge is -2.50. The number of ether oxygens (including phenoxy) is 11. The average Bonchev–Trinajstić information content (AvgIpc) is 3.35. The summed E-state index contributed by atoms with van der Waals surface area (Å²) in [5.41, 5.74) is 0. The van der Waals surface area contributed by atoms with Gasteiger partial charge in [0.05, 0.1) is 39.6 Å². The van der Waals surface area contributed by atoms with Gasteiger partial charge in [-0.05, 0) is 0 Å². The number of carbonyl (C=O) groups is 2. The van der Waals surface area contributed by atoms with Gasteiger partial charge in [-0.3, -0.25) is 9.59 Å². The van der Waals surface area contributed by atoms with Crippen molar-refractivity contribution in [2.24, 2.45) is 0 Å². The van der Waals surface area contributed by atoms with Crippen LogP contribution in [0, 0.1) is 0 Å². The third kappa shape index (κ3) is 13.0. The molecule has 6 saturated heterocycles. The molecule has 0 radical (unpaired) electrons. The molecule has 2 amide bonds. The second-order valence-corrected chi connectivity index (χ2v) is 18.3. The van der Waals surface area contributed by atoms with Crippen LogP contribution in [0.25, 0.3) is 0 Å². The van der Waals surface area contributed by atoms with Gasteiger partial charge >= 0.3 is 0 Å². The molecule has 33 nitrogen and oxygen atoms in total. The average molecular weight is 1070 g/mol. The fourth-order valence-electron chi connectivity index (χ4n) is 9.21. The topological polar surface area (TPSA) is 524 Å². The van der Waals surface area contributed by atoms with E-state index in [1.54, 1.807) is 0 Å². The highest BCUT2D eigenvalue weighted by atomic mass is 16.8. The molecule has 0 spiro atoms. The summed E-state index contributed by atoms with van der Waals surface area (Å²) in [5.74, 6) is -1.55. The Bertz CT molecular complexity index is 1750. The molecule has 6 heterocycles. The predicted octanol–water partition coefficient (Wildman–Crippen LogP) is -13.8. The monoisotopic (exact) mass is 1070 g/mol. The maximum atomic E-state index is 12.6. The Hall–Kier alpha value is -2.22. The summed E-state index contributed by atoms with van der Waals surface area (Å²) in [6, 6.07) is -3.28. The maximum absolute atomic E-state index is 12.6. The van der Waals surface area contributed by atoms with Crippen LogP contribution in [0.1, 0.15) is 13.8 Å². The molecule has 0 aliphatic carbocycles. The fourth-order valence-corrected chi connectivity index (χ4v) is 9.21. The van der Waals surface area contributed by atoms with Crippen molar-refractivity contribution in [2.45, 2.75) is 198 Å². The molecule has 20 N–H and O–H groups in total. The van der Waals surface area contributed by atoms with Crippen LogP contribution in [-0.2, 0) is 61.7 Å². The predicted molar refractivity (Wildman–Crippen MR) is 222 cm³/mol. The molecule has 30 atom stereocenters. The minimum absolute atomic E-state index is 0.716. The van der Waals surface area contributed by atoms with Crippen molar-refractivity contribution in [1.29, 1.82) is 0 Å². The fraction of sp³-hybridized carbons (Fsp3) is 0.950. The Morgan fingerprint density at radius 1 is 0.356 bits per heavy atom. The smallest absolute Gasteiger partial charge is 0.217 e. The number of nitrogens with one attached hydrogen (secondary N) is 2. The number of rotatable bonds is 18. The zero-order valence-electron chi connectivity index (χ0n) is 38.9. The Balaban J connectivity index is 1.26. The zero-order valence-corrected chi connectivity index (χ0v) is 38.9. The molecule has 6 aliphatic heterocycles. The first-order valence-corrected chi connectivity index (χ1v) is 23.1.